The first-order valence-corrected chi connectivity index (χ1v) is 7.61. The molecule has 1 aromatic carbocycles. The van der Waals surface area contributed by atoms with Crippen LogP contribution >= 0.6 is 15.9 Å². The van der Waals surface area contributed by atoms with E-state index in [2.05, 4.69) is 15.9 Å². The molecule has 0 spiro atoms. The molecule has 0 bridgehead atoms. The lowest BCUT2D eigenvalue weighted by atomic mass is 10.1. The molecule has 1 fully saturated rings. The maximum atomic E-state index is 13.6. The molecule has 0 saturated carbocycles. The lowest BCUT2D eigenvalue weighted by molar-refractivity contribution is 0.0977. The maximum absolute atomic E-state index is 13.6. The van der Waals surface area contributed by atoms with Crippen LogP contribution in [0.15, 0.2) is 12.1 Å². The molecule has 1 aliphatic heterocycles. The van der Waals surface area contributed by atoms with E-state index in [0.29, 0.717) is 17.5 Å². The predicted molar refractivity (Wildman–Crippen MR) is 72.7 cm³/mol. The second kappa shape index (κ2) is 7.20. The van der Waals surface area contributed by atoms with E-state index in [9.17, 15) is 8.78 Å². The summed E-state index contributed by atoms with van der Waals surface area (Å²) in [6, 6.07) is 2.57. The zero-order valence-corrected chi connectivity index (χ0v) is 12.2. The molecule has 0 radical (unpaired) electrons. The van der Waals surface area contributed by atoms with Crippen LogP contribution in [0.3, 0.4) is 0 Å². The molecular formula is C14H17BrF2O2. The van der Waals surface area contributed by atoms with Gasteiger partial charge in [0.1, 0.15) is 0 Å². The van der Waals surface area contributed by atoms with Crippen LogP contribution in [-0.2, 0) is 10.1 Å². The fourth-order valence-corrected chi connectivity index (χ4v) is 2.51. The van der Waals surface area contributed by atoms with Gasteiger partial charge in [0.15, 0.2) is 17.4 Å². The van der Waals surface area contributed by atoms with Crippen LogP contribution in [0.2, 0.25) is 0 Å². The summed E-state index contributed by atoms with van der Waals surface area (Å²) in [5, 5.41) is 0.417. The average molecular weight is 335 g/mol. The van der Waals surface area contributed by atoms with Gasteiger partial charge >= 0.3 is 0 Å². The van der Waals surface area contributed by atoms with E-state index in [4.69, 9.17) is 9.47 Å². The monoisotopic (exact) mass is 334 g/mol. The second-order valence-electron chi connectivity index (χ2n) is 4.65. The Bertz CT molecular complexity index is 397. The van der Waals surface area contributed by atoms with E-state index >= 15 is 0 Å². The summed E-state index contributed by atoms with van der Waals surface area (Å²) < 4.78 is 37.9. The third kappa shape index (κ3) is 4.14. The van der Waals surface area contributed by atoms with Gasteiger partial charge in [0.25, 0.3) is 0 Å². The number of hydrogen-bond donors (Lipinski definition) is 0. The first-order valence-electron chi connectivity index (χ1n) is 6.49. The Hall–Kier alpha value is -0.680. The minimum absolute atomic E-state index is 0.281. The third-order valence-corrected chi connectivity index (χ3v) is 3.80. The third-order valence-electron chi connectivity index (χ3n) is 3.15. The number of halogens is 3. The summed E-state index contributed by atoms with van der Waals surface area (Å²) in [6.45, 7) is 1.13. The smallest absolute Gasteiger partial charge is 0.190 e. The first-order chi connectivity index (χ1) is 9.20. The van der Waals surface area contributed by atoms with Crippen molar-refractivity contribution >= 4 is 15.9 Å². The molecule has 5 heteroatoms. The molecule has 1 atom stereocenters. The quantitative estimate of drug-likeness (QED) is 0.573. The zero-order chi connectivity index (χ0) is 13.7. The van der Waals surface area contributed by atoms with Gasteiger partial charge in [-0.25, -0.2) is 8.78 Å². The highest BCUT2D eigenvalue weighted by Gasteiger charge is 2.16. The Morgan fingerprint density at radius 1 is 1.32 bits per heavy atom. The van der Waals surface area contributed by atoms with Gasteiger partial charge in [0.05, 0.1) is 12.7 Å². The molecule has 1 heterocycles. The molecule has 0 N–H and O–H groups in total. The van der Waals surface area contributed by atoms with Gasteiger partial charge in [-0.05, 0) is 43.4 Å². The van der Waals surface area contributed by atoms with Crippen LogP contribution in [0.4, 0.5) is 8.78 Å². The molecule has 1 aromatic rings. The van der Waals surface area contributed by atoms with E-state index in [1.807, 2.05) is 0 Å². The molecule has 0 aromatic heterocycles. The van der Waals surface area contributed by atoms with Gasteiger partial charge in [-0.1, -0.05) is 15.9 Å². The Morgan fingerprint density at radius 2 is 2.05 bits per heavy atom. The second-order valence-corrected chi connectivity index (χ2v) is 5.21. The van der Waals surface area contributed by atoms with Crippen LogP contribution < -0.4 is 4.74 Å². The molecule has 1 aliphatic rings. The van der Waals surface area contributed by atoms with Gasteiger partial charge in [-0.2, -0.15) is 0 Å². The van der Waals surface area contributed by atoms with Crippen molar-refractivity contribution in [3.8, 4) is 5.75 Å². The fraction of sp³-hybridized carbons (Fsp3) is 0.571. The molecule has 2 nitrogen and oxygen atoms in total. The molecule has 0 amide bonds. The normalized spacial score (nSPS) is 18.8. The van der Waals surface area contributed by atoms with E-state index in [0.717, 1.165) is 32.3 Å². The average Bonchev–Trinajstić information content (AvgIpc) is 2.89. The Labute approximate surface area is 120 Å². The van der Waals surface area contributed by atoms with Crippen LogP contribution in [-0.4, -0.2) is 19.3 Å². The van der Waals surface area contributed by atoms with Crippen molar-refractivity contribution in [2.45, 2.75) is 37.1 Å². The highest BCUT2D eigenvalue weighted by atomic mass is 79.9. The Balaban J connectivity index is 1.81. The Morgan fingerprint density at radius 3 is 2.63 bits per heavy atom. The van der Waals surface area contributed by atoms with Crippen molar-refractivity contribution in [2.24, 2.45) is 0 Å². The van der Waals surface area contributed by atoms with Crippen molar-refractivity contribution in [1.82, 2.24) is 0 Å². The summed E-state index contributed by atoms with van der Waals surface area (Å²) in [6.07, 6.45) is 4.08. The summed E-state index contributed by atoms with van der Waals surface area (Å²) in [7, 11) is 0. The van der Waals surface area contributed by atoms with Crippen molar-refractivity contribution in [3.05, 3.63) is 29.3 Å². The Kier molecular flexibility index (Phi) is 5.58. The summed E-state index contributed by atoms with van der Waals surface area (Å²) in [4.78, 5) is 0. The van der Waals surface area contributed by atoms with Crippen molar-refractivity contribution in [2.75, 3.05) is 13.2 Å². The summed E-state index contributed by atoms with van der Waals surface area (Å²) in [5.74, 6) is -1.57. The molecule has 19 heavy (non-hydrogen) atoms. The first kappa shape index (κ1) is 14.7. The van der Waals surface area contributed by atoms with E-state index in [1.54, 1.807) is 0 Å². The van der Waals surface area contributed by atoms with Gasteiger partial charge in [0.2, 0.25) is 0 Å². The van der Waals surface area contributed by atoms with E-state index < -0.39 is 11.6 Å². The minimum Gasteiger partial charge on any atom is -0.488 e. The molecule has 2 rings (SSSR count). The number of alkyl halides is 1. The molecule has 0 aliphatic carbocycles. The number of ether oxygens (including phenoxy) is 2. The maximum Gasteiger partial charge on any atom is 0.190 e. The fourth-order valence-electron chi connectivity index (χ4n) is 2.18. The summed E-state index contributed by atoms with van der Waals surface area (Å²) >= 11 is 3.16. The van der Waals surface area contributed by atoms with Gasteiger partial charge in [-0.3, -0.25) is 0 Å². The highest BCUT2D eigenvalue weighted by molar-refractivity contribution is 9.08. The minimum atomic E-state index is -0.647. The predicted octanol–water partition coefficient (Wildman–Crippen LogP) is 4.20. The molecule has 1 saturated heterocycles. The lowest BCUT2D eigenvalue weighted by Gasteiger charge is -2.11. The SMILES string of the molecule is Fc1cc(CBr)cc(F)c1OCCCC1CCCO1. The zero-order valence-electron chi connectivity index (χ0n) is 10.6. The topological polar surface area (TPSA) is 18.5 Å². The van der Waals surface area contributed by atoms with Gasteiger partial charge < -0.3 is 9.47 Å². The van der Waals surface area contributed by atoms with E-state index in [1.165, 1.54) is 12.1 Å². The van der Waals surface area contributed by atoms with Gasteiger partial charge in [0, 0.05) is 11.9 Å². The van der Waals surface area contributed by atoms with Crippen LogP contribution in [0.5, 0.6) is 5.75 Å². The van der Waals surface area contributed by atoms with Crippen molar-refractivity contribution in [1.29, 1.82) is 0 Å². The molecule has 1 unspecified atom stereocenters. The molecule has 106 valence electrons. The number of benzene rings is 1. The van der Waals surface area contributed by atoms with Crippen molar-refractivity contribution < 1.29 is 18.3 Å². The lowest BCUT2D eigenvalue weighted by Crippen LogP contribution is -2.08. The van der Waals surface area contributed by atoms with Crippen LogP contribution in [0.25, 0.3) is 0 Å². The number of rotatable bonds is 6. The molecular weight excluding hydrogens is 318 g/mol. The summed E-state index contributed by atoms with van der Waals surface area (Å²) in [5.41, 5.74) is 0.557. The van der Waals surface area contributed by atoms with Crippen molar-refractivity contribution in [3.63, 3.8) is 0 Å². The van der Waals surface area contributed by atoms with E-state index in [-0.39, 0.29) is 11.9 Å². The standard InChI is InChI=1S/C14H17BrF2O2/c15-9-10-7-12(16)14(13(17)8-10)19-6-2-4-11-3-1-5-18-11/h7-8,11H,1-6,9H2. The van der Waals surface area contributed by atoms with Crippen LogP contribution in [0, 0.1) is 11.6 Å². The van der Waals surface area contributed by atoms with Gasteiger partial charge in [-0.15, -0.1) is 0 Å². The van der Waals surface area contributed by atoms with Crippen LogP contribution in [0.1, 0.15) is 31.2 Å². The highest BCUT2D eigenvalue weighted by Crippen LogP contribution is 2.25. The number of hydrogen-bond acceptors (Lipinski definition) is 2. The largest absolute Gasteiger partial charge is 0.488 e.